The van der Waals surface area contributed by atoms with Crippen molar-refractivity contribution >= 4 is 5.71 Å². The second-order valence-corrected chi connectivity index (χ2v) is 4.85. The van der Waals surface area contributed by atoms with Crippen LogP contribution in [0.25, 0.3) is 17.0 Å². The lowest BCUT2D eigenvalue weighted by atomic mass is 10.2. The van der Waals surface area contributed by atoms with Crippen LogP contribution in [0, 0.1) is 17.2 Å². The number of halogens is 1. The molecule has 0 amide bonds. The topological polar surface area (TPSA) is 122 Å². The van der Waals surface area contributed by atoms with Gasteiger partial charge < -0.3 is 4.42 Å². The minimum Gasteiger partial charge on any atom is -0.396 e. The molecule has 1 aromatic carbocycles. The molecule has 2 heterocycles. The molecular formula is C13H11ClN2O5. The first-order valence-corrected chi connectivity index (χ1v) is 7.03. The van der Waals surface area contributed by atoms with E-state index in [0.29, 0.717) is 0 Å². The molecule has 0 spiro atoms. The Morgan fingerprint density at radius 2 is 1.62 bits per heavy atom. The minimum atomic E-state index is -4.94. The molecule has 0 saturated heterocycles. The van der Waals surface area contributed by atoms with E-state index >= 15 is 0 Å². The molecule has 0 bridgehead atoms. The SMILES string of the molecule is Cc1ccc2oc(-c3ccccc3)c[n+]2n1.[O-][Cl+3]([O-])([O-])[O-]. The monoisotopic (exact) mass is 310 g/mol. The molecule has 110 valence electrons. The minimum absolute atomic E-state index is 0.754. The Morgan fingerprint density at radius 3 is 2.24 bits per heavy atom. The van der Waals surface area contributed by atoms with Crippen molar-refractivity contribution < 1.29 is 37.8 Å². The maximum Gasteiger partial charge on any atom is 0.404 e. The van der Waals surface area contributed by atoms with Crippen molar-refractivity contribution in [2.75, 3.05) is 0 Å². The predicted molar refractivity (Wildman–Crippen MR) is 59.8 cm³/mol. The molecule has 21 heavy (non-hydrogen) atoms. The van der Waals surface area contributed by atoms with E-state index in [9.17, 15) is 0 Å². The van der Waals surface area contributed by atoms with Crippen molar-refractivity contribution in [1.82, 2.24) is 5.10 Å². The summed E-state index contributed by atoms with van der Waals surface area (Å²) in [7, 11) is -4.94. The Balaban J connectivity index is 0.000000282. The van der Waals surface area contributed by atoms with Crippen LogP contribution in [0.15, 0.2) is 53.1 Å². The third-order valence-corrected chi connectivity index (χ3v) is 2.47. The van der Waals surface area contributed by atoms with Gasteiger partial charge in [0.15, 0.2) is 0 Å². The number of hydrogen-bond donors (Lipinski definition) is 0. The average Bonchev–Trinajstić information content (AvgIpc) is 2.81. The van der Waals surface area contributed by atoms with E-state index < -0.39 is 10.2 Å². The van der Waals surface area contributed by atoms with Gasteiger partial charge in [0.05, 0.1) is 6.07 Å². The summed E-state index contributed by atoms with van der Waals surface area (Å²) in [5.41, 5.74) is 2.79. The van der Waals surface area contributed by atoms with E-state index in [1.54, 1.807) is 4.52 Å². The van der Waals surface area contributed by atoms with Gasteiger partial charge in [-0.2, -0.15) is 0 Å². The maximum absolute atomic E-state index is 8.49. The smallest absolute Gasteiger partial charge is 0.396 e. The molecule has 3 rings (SSSR count). The highest BCUT2D eigenvalue weighted by Gasteiger charge is 2.14. The predicted octanol–water partition coefficient (Wildman–Crippen LogP) is -2.37. The molecule has 0 aliphatic rings. The van der Waals surface area contributed by atoms with Crippen LogP contribution in [-0.2, 0) is 0 Å². The van der Waals surface area contributed by atoms with Gasteiger partial charge in [-0.15, -0.1) is 10.2 Å². The third-order valence-electron chi connectivity index (χ3n) is 2.47. The molecule has 0 aliphatic heterocycles. The van der Waals surface area contributed by atoms with Crippen LogP contribution in [0.2, 0.25) is 0 Å². The lowest BCUT2D eigenvalue weighted by Crippen LogP contribution is -2.68. The Bertz CT molecular complexity index is 718. The number of oxazole rings is 1. The van der Waals surface area contributed by atoms with Crippen LogP contribution >= 0.6 is 0 Å². The van der Waals surface area contributed by atoms with Crippen molar-refractivity contribution in [2.24, 2.45) is 0 Å². The molecule has 0 saturated carbocycles. The molecule has 3 aromatic rings. The van der Waals surface area contributed by atoms with E-state index in [1.165, 1.54) is 0 Å². The number of rotatable bonds is 1. The zero-order chi connectivity index (χ0) is 15.5. The number of hydrogen-bond acceptors (Lipinski definition) is 6. The van der Waals surface area contributed by atoms with E-state index in [-0.39, 0.29) is 0 Å². The van der Waals surface area contributed by atoms with Crippen LogP contribution in [0.1, 0.15) is 5.69 Å². The lowest BCUT2D eigenvalue weighted by Gasteiger charge is -2.17. The summed E-state index contributed by atoms with van der Waals surface area (Å²) in [5.74, 6) is 0.832. The third kappa shape index (κ3) is 4.78. The zero-order valence-corrected chi connectivity index (χ0v) is 11.7. The standard InChI is InChI=1S/C13H11N2O.ClHO4/c1-10-7-8-13-15(14-10)9-12(16-13)11-5-3-2-4-6-11;2-1(3,4)5/h2-9H,1H3;(H,2,3,4,5)/q+1;/p-1. The quantitative estimate of drug-likeness (QED) is 0.463. The number of aromatic nitrogens is 2. The van der Waals surface area contributed by atoms with Gasteiger partial charge in [-0.1, -0.05) is 30.3 Å². The first kappa shape index (κ1) is 15.4. The molecule has 8 heteroatoms. The number of benzene rings is 1. The number of fused-ring (bicyclic) bond motifs is 1. The first-order chi connectivity index (χ1) is 9.83. The van der Waals surface area contributed by atoms with Gasteiger partial charge in [0.2, 0.25) is 12.0 Å². The van der Waals surface area contributed by atoms with Gasteiger partial charge in [0, 0.05) is 10.7 Å². The Hall–Kier alpha value is -2.03. The lowest BCUT2D eigenvalue weighted by molar-refractivity contribution is -2.00. The molecule has 7 nitrogen and oxygen atoms in total. The molecule has 0 fully saturated rings. The van der Waals surface area contributed by atoms with E-state index in [4.69, 9.17) is 23.1 Å². The maximum atomic E-state index is 8.49. The molecule has 2 aromatic heterocycles. The molecule has 0 unspecified atom stereocenters. The fourth-order valence-electron chi connectivity index (χ4n) is 1.68. The first-order valence-electron chi connectivity index (χ1n) is 5.79. The van der Waals surface area contributed by atoms with Crippen LogP contribution in [0.3, 0.4) is 0 Å². The summed E-state index contributed by atoms with van der Waals surface area (Å²) in [5, 5.41) is 4.34. The second kappa shape index (κ2) is 6.17. The summed E-state index contributed by atoms with van der Waals surface area (Å²) in [6, 6.07) is 13.9. The van der Waals surface area contributed by atoms with Gasteiger partial charge >= 0.3 is 5.71 Å². The Labute approximate surface area is 122 Å². The number of nitrogens with zero attached hydrogens (tertiary/aromatic N) is 2. The van der Waals surface area contributed by atoms with E-state index in [1.807, 2.05) is 55.6 Å². The van der Waals surface area contributed by atoms with Crippen molar-refractivity contribution in [2.45, 2.75) is 6.92 Å². The van der Waals surface area contributed by atoms with Gasteiger partial charge in [0.1, 0.15) is 5.69 Å². The highest BCUT2D eigenvalue weighted by molar-refractivity contribution is 5.56. The largest absolute Gasteiger partial charge is 0.404 e. The highest BCUT2D eigenvalue weighted by Crippen LogP contribution is 2.18. The molecule has 0 atom stereocenters. The zero-order valence-electron chi connectivity index (χ0n) is 10.9. The van der Waals surface area contributed by atoms with E-state index in [2.05, 4.69) is 5.10 Å². The fourth-order valence-corrected chi connectivity index (χ4v) is 1.68. The van der Waals surface area contributed by atoms with Gasteiger partial charge in [-0.05, 0) is 17.5 Å². The van der Waals surface area contributed by atoms with Gasteiger partial charge in [-0.3, -0.25) is 0 Å². The van der Waals surface area contributed by atoms with Gasteiger partial charge in [-0.25, -0.2) is 18.6 Å². The van der Waals surface area contributed by atoms with Crippen molar-refractivity contribution in [1.29, 1.82) is 0 Å². The fraction of sp³-hybridized carbons (Fsp3) is 0.0769. The Kier molecular flexibility index (Phi) is 4.51. The summed E-state index contributed by atoms with van der Waals surface area (Å²) in [4.78, 5) is 0. The summed E-state index contributed by atoms with van der Waals surface area (Å²) in [6.07, 6.45) is 1.90. The summed E-state index contributed by atoms with van der Waals surface area (Å²) >= 11 is 0. The molecular weight excluding hydrogens is 300 g/mol. The average molecular weight is 311 g/mol. The van der Waals surface area contributed by atoms with Crippen LogP contribution < -0.4 is 23.2 Å². The van der Waals surface area contributed by atoms with E-state index in [0.717, 1.165) is 22.7 Å². The van der Waals surface area contributed by atoms with Gasteiger partial charge in [0.25, 0.3) is 0 Å². The Morgan fingerprint density at radius 1 is 1.00 bits per heavy atom. The molecule has 0 aliphatic carbocycles. The van der Waals surface area contributed by atoms with Crippen LogP contribution in [-0.4, -0.2) is 5.10 Å². The van der Waals surface area contributed by atoms with Crippen LogP contribution in [0.4, 0.5) is 0 Å². The summed E-state index contributed by atoms with van der Waals surface area (Å²) < 4.78 is 41.4. The van der Waals surface area contributed by atoms with Crippen molar-refractivity contribution in [3.8, 4) is 11.3 Å². The molecule has 0 radical (unpaired) electrons. The summed E-state index contributed by atoms with van der Waals surface area (Å²) in [6.45, 7) is 1.96. The van der Waals surface area contributed by atoms with Crippen LogP contribution in [0.5, 0.6) is 0 Å². The second-order valence-electron chi connectivity index (χ2n) is 4.10. The molecule has 0 N–H and O–H groups in total. The van der Waals surface area contributed by atoms with Crippen molar-refractivity contribution in [3.63, 3.8) is 0 Å². The number of aryl methyl sites for hydroxylation is 1. The normalized spacial score (nSPS) is 11.1. The highest BCUT2D eigenvalue weighted by atomic mass is 35.7. The van der Waals surface area contributed by atoms with Crippen molar-refractivity contribution in [3.05, 3.63) is 54.4 Å².